The number of unbranched alkanes of at least 4 members (excludes halogenated alkanes) is 3. The molecule has 2 heterocycles. The number of amides is 1. The van der Waals surface area contributed by atoms with Crippen LogP contribution in [0.25, 0.3) is 11.2 Å². The molecule has 18 heteroatoms. The van der Waals surface area contributed by atoms with E-state index in [2.05, 4.69) is 27.4 Å². The van der Waals surface area contributed by atoms with Gasteiger partial charge >= 0.3 is 19.9 Å². The molecule has 1 N–H and O–H groups in total. The fraction of sp³-hybridized carbons (Fsp3) is 0.680. The van der Waals surface area contributed by atoms with E-state index in [-0.39, 0.29) is 24.4 Å². The zero-order valence-corrected chi connectivity index (χ0v) is 25.9. The molecule has 0 spiro atoms. The second kappa shape index (κ2) is 19.0. The molecule has 0 bridgehead atoms. The monoisotopic (exact) mass is 633 g/mol. The van der Waals surface area contributed by atoms with Gasteiger partial charge in [-0.25, -0.2) is 30.0 Å². The van der Waals surface area contributed by atoms with Crippen molar-refractivity contribution in [3.8, 4) is 0 Å². The number of nitrogens with zero attached hydrogens (tertiary/aromatic N) is 4. The van der Waals surface area contributed by atoms with E-state index in [0.717, 1.165) is 25.7 Å². The second-order valence-corrected chi connectivity index (χ2v) is 11.4. The molecule has 1 amide bonds. The molecule has 2 rings (SSSR count). The number of nitrogens with one attached hydrogen (secondary N) is 1. The summed E-state index contributed by atoms with van der Waals surface area (Å²) in [6.07, 6.45) is 3.12. The van der Waals surface area contributed by atoms with Crippen LogP contribution in [0.1, 0.15) is 70.8 Å². The third-order valence-corrected chi connectivity index (χ3v) is 6.62. The van der Waals surface area contributed by atoms with Crippen LogP contribution >= 0.6 is 7.60 Å². The van der Waals surface area contributed by atoms with Gasteiger partial charge in [-0.1, -0.05) is 26.2 Å². The summed E-state index contributed by atoms with van der Waals surface area (Å²) in [6, 6.07) is 0. The van der Waals surface area contributed by atoms with E-state index in [9.17, 15) is 18.9 Å². The Morgan fingerprint density at radius 3 is 2.16 bits per heavy atom. The maximum Gasteiger partial charge on any atom is 0.510 e. The van der Waals surface area contributed by atoms with E-state index in [1.165, 1.54) is 12.7 Å². The molecule has 17 nitrogen and oxygen atoms in total. The van der Waals surface area contributed by atoms with Crippen molar-refractivity contribution in [3.05, 3.63) is 18.3 Å². The highest BCUT2D eigenvalue weighted by atomic mass is 31.2. The van der Waals surface area contributed by atoms with E-state index in [0.29, 0.717) is 12.3 Å². The fourth-order valence-corrected chi connectivity index (χ4v) is 4.19. The first-order chi connectivity index (χ1) is 20.5. The highest BCUT2D eigenvalue weighted by Crippen LogP contribution is 2.48. The average Bonchev–Trinajstić information content (AvgIpc) is 3.35. The minimum absolute atomic E-state index is 0.0267. The number of rotatable bonds is 20. The molecule has 2 aromatic rings. The van der Waals surface area contributed by atoms with Crippen molar-refractivity contribution in [2.24, 2.45) is 0 Å². The standard InChI is InChI=1S/C25H40N5O12P/c1-6-7-8-9-11-38-29-23(31)21-20-22(27-13-26-21)30(14-28-20)10-12-35-17-43(34,39-15-36-24(32)41-18(2)3)40-16-37-25(33)42-19(4)5/h13-14,18-19H,6-12,15-17H2,1-5H3,(H,29,31). The van der Waals surface area contributed by atoms with Crippen LogP contribution in [0.4, 0.5) is 9.59 Å². The Labute approximate surface area is 249 Å². The van der Waals surface area contributed by atoms with Gasteiger partial charge in [-0.2, -0.15) is 0 Å². The van der Waals surface area contributed by atoms with Crippen LogP contribution in [0.5, 0.6) is 0 Å². The molecule has 0 aliphatic heterocycles. The summed E-state index contributed by atoms with van der Waals surface area (Å²) in [7, 11) is -4.10. The molecular formula is C25H40N5O12P. The first-order valence-corrected chi connectivity index (χ1v) is 15.5. The Morgan fingerprint density at radius 2 is 1.56 bits per heavy atom. The molecule has 0 atom stereocenters. The lowest BCUT2D eigenvalue weighted by Gasteiger charge is -2.19. The Kier molecular flexibility index (Phi) is 15.8. The third-order valence-electron chi connectivity index (χ3n) is 5.12. The first kappa shape index (κ1) is 35.8. The van der Waals surface area contributed by atoms with Gasteiger partial charge in [-0.15, -0.1) is 0 Å². The van der Waals surface area contributed by atoms with Crippen LogP contribution in [0, 0.1) is 0 Å². The summed E-state index contributed by atoms with van der Waals surface area (Å²) in [6.45, 7) is 7.55. The second-order valence-electron chi connectivity index (χ2n) is 9.44. The van der Waals surface area contributed by atoms with Crippen molar-refractivity contribution < 1.29 is 56.5 Å². The van der Waals surface area contributed by atoms with E-state index in [1.54, 1.807) is 32.3 Å². The Hall–Kier alpha value is -3.37. The molecule has 0 aliphatic rings. The van der Waals surface area contributed by atoms with Crippen LogP contribution < -0.4 is 5.48 Å². The highest BCUT2D eigenvalue weighted by Gasteiger charge is 2.28. The predicted octanol–water partition coefficient (Wildman–Crippen LogP) is 4.31. The number of hydroxylamine groups is 1. The zero-order chi connectivity index (χ0) is 31.7. The molecule has 2 aromatic heterocycles. The van der Waals surface area contributed by atoms with Gasteiger partial charge < -0.3 is 28.3 Å². The third kappa shape index (κ3) is 13.6. The molecule has 0 saturated carbocycles. The number of carbonyl (C=O) groups excluding carboxylic acids is 3. The minimum atomic E-state index is -4.10. The van der Waals surface area contributed by atoms with Crippen LogP contribution in [0.2, 0.25) is 0 Å². The number of hydrogen-bond acceptors (Lipinski definition) is 15. The van der Waals surface area contributed by atoms with E-state index in [4.69, 9.17) is 37.6 Å². The van der Waals surface area contributed by atoms with Crippen molar-refractivity contribution >= 4 is 37.0 Å². The van der Waals surface area contributed by atoms with Crippen molar-refractivity contribution in [3.63, 3.8) is 0 Å². The van der Waals surface area contributed by atoms with E-state index >= 15 is 0 Å². The smallest absolute Gasteiger partial charge is 0.432 e. The first-order valence-electron chi connectivity index (χ1n) is 13.7. The van der Waals surface area contributed by atoms with Gasteiger partial charge in [0.15, 0.2) is 11.3 Å². The van der Waals surface area contributed by atoms with Crippen molar-refractivity contribution in [1.82, 2.24) is 25.0 Å². The van der Waals surface area contributed by atoms with Crippen LogP contribution in [-0.2, 0) is 48.7 Å². The maximum absolute atomic E-state index is 13.1. The van der Waals surface area contributed by atoms with Crippen molar-refractivity contribution in [2.75, 3.05) is 33.1 Å². The Bertz CT molecular complexity index is 1180. The summed E-state index contributed by atoms with van der Waals surface area (Å²) >= 11 is 0. The quantitative estimate of drug-likeness (QED) is 0.0711. The minimum Gasteiger partial charge on any atom is -0.432 e. The fourth-order valence-electron chi connectivity index (χ4n) is 3.19. The largest absolute Gasteiger partial charge is 0.510 e. The van der Waals surface area contributed by atoms with Crippen LogP contribution in [0.15, 0.2) is 12.7 Å². The summed E-state index contributed by atoms with van der Waals surface area (Å²) in [5.74, 6) is -0.557. The van der Waals surface area contributed by atoms with Gasteiger partial charge in [-0.05, 0) is 34.1 Å². The van der Waals surface area contributed by atoms with Crippen molar-refractivity contribution in [2.45, 2.75) is 79.1 Å². The van der Waals surface area contributed by atoms with Gasteiger partial charge in [0.2, 0.25) is 13.6 Å². The molecular weight excluding hydrogens is 593 g/mol. The number of carbonyl (C=O) groups is 3. The number of ether oxygens (including phenoxy) is 5. The van der Waals surface area contributed by atoms with Crippen LogP contribution in [-0.4, -0.2) is 83.1 Å². The summed E-state index contributed by atoms with van der Waals surface area (Å²) in [5.41, 5.74) is 3.02. The molecule has 0 unspecified atom stereocenters. The lowest BCUT2D eigenvalue weighted by atomic mass is 10.2. The molecule has 0 radical (unpaired) electrons. The Morgan fingerprint density at radius 1 is 0.907 bits per heavy atom. The summed E-state index contributed by atoms with van der Waals surface area (Å²) in [5, 5.41) is 0. The van der Waals surface area contributed by atoms with Gasteiger partial charge in [0.25, 0.3) is 5.91 Å². The molecule has 0 fully saturated rings. The highest BCUT2D eigenvalue weighted by molar-refractivity contribution is 7.53. The molecule has 0 aromatic carbocycles. The van der Waals surface area contributed by atoms with Gasteiger partial charge in [0.1, 0.15) is 18.2 Å². The van der Waals surface area contributed by atoms with E-state index in [1.807, 2.05) is 0 Å². The molecule has 43 heavy (non-hydrogen) atoms. The van der Waals surface area contributed by atoms with Crippen LogP contribution in [0.3, 0.4) is 0 Å². The lowest BCUT2D eigenvalue weighted by molar-refractivity contribution is -0.0344. The SMILES string of the molecule is CCCCCCONC(=O)c1ncnc2c1ncn2CCOCP(=O)(OCOC(=O)OC(C)C)OCOC(=O)OC(C)C. The maximum atomic E-state index is 13.1. The molecule has 0 aliphatic carbocycles. The van der Waals surface area contributed by atoms with E-state index < -0.39 is 58.0 Å². The van der Waals surface area contributed by atoms with Gasteiger partial charge in [0.05, 0.1) is 31.7 Å². The number of hydrogen-bond donors (Lipinski definition) is 1. The topological polar surface area (TPSA) is 198 Å². The summed E-state index contributed by atoms with van der Waals surface area (Å²) < 4.78 is 49.5. The van der Waals surface area contributed by atoms with Gasteiger partial charge in [-0.3, -0.25) is 23.2 Å². The Balaban J connectivity index is 1.92. The number of fused-ring (bicyclic) bond motifs is 1. The molecule has 0 saturated heterocycles. The van der Waals surface area contributed by atoms with Gasteiger partial charge in [0, 0.05) is 6.54 Å². The summed E-state index contributed by atoms with van der Waals surface area (Å²) in [4.78, 5) is 53.4. The number of imidazole rings is 1. The molecule has 242 valence electrons. The average molecular weight is 634 g/mol. The normalized spacial score (nSPS) is 11.6. The predicted molar refractivity (Wildman–Crippen MR) is 149 cm³/mol. The lowest BCUT2D eigenvalue weighted by Crippen LogP contribution is -2.25. The van der Waals surface area contributed by atoms with Crippen molar-refractivity contribution in [1.29, 1.82) is 0 Å². The zero-order valence-electron chi connectivity index (χ0n) is 25.0. The number of aromatic nitrogens is 4.